The van der Waals surface area contributed by atoms with Gasteiger partial charge in [0.2, 0.25) is 0 Å². The van der Waals surface area contributed by atoms with Crippen molar-refractivity contribution in [3.8, 4) is 0 Å². The molecule has 0 N–H and O–H groups in total. The van der Waals surface area contributed by atoms with Crippen LogP contribution >= 0.6 is 0 Å². The molecule has 0 atom stereocenters. The Hall–Kier alpha value is -2.16. The third-order valence-corrected chi connectivity index (χ3v) is 12.0. The predicted molar refractivity (Wildman–Crippen MR) is 130 cm³/mol. The van der Waals surface area contributed by atoms with Crippen LogP contribution in [0.2, 0.25) is 5.04 Å². The molecule has 0 aromatic heterocycles. The Morgan fingerprint density at radius 1 is 0.700 bits per heavy atom. The molecule has 0 fully saturated rings. The lowest BCUT2D eigenvalue weighted by Crippen LogP contribution is -2.70. The lowest BCUT2D eigenvalue weighted by atomic mass is 9.87. The van der Waals surface area contributed by atoms with Gasteiger partial charge in [0.05, 0.1) is 5.60 Å². The van der Waals surface area contributed by atoms with Crippen LogP contribution in [0.15, 0.2) is 84.9 Å². The van der Waals surface area contributed by atoms with Crippen molar-refractivity contribution < 1.29 is 4.43 Å². The van der Waals surface area contributed by atoms with E-state index in [0.29, 0.717) is 5.92 Å². The minimum atomic E-state index is -2.59. The van der Waals surface area contributed by atoms with Gasteiger partial charge in [-0.3, -0.25) is 0 Å². The summed E-state index contributed by atoms with van der Waals surface area (Å²) in [7, 11) is -2.59. The van der Waals surface area contributed by atoms with Crippen molar-refractivity contribution in [1.29, 1.82) is 0 Å². The normalized spacial score (nSPS) is 15.9. The summed E-state index contributed by atoms with van der Waals surface area (Å²) in [6, 6.07) is 31.0. The molecule has 3 aromatic rings. The highest BCUT2D eigenvalue weighted by molar-refractivity contribution is 6.99. The Kier molecular flexibility index (Phi) is 5.50. The second kappa shape index (κ2) is 7.83. The molecule has 1 aliphatic rings. The molecule has 0 unspecified atom stereocenters. The molecule has 1 nitrogen and oxygen atoms in total. The van der Waals surface area contributed by atoms with Crippen LogP contribution in [0.1, 0.15) is 45.7 Å². The van der Waals surface area contributed by atoms with E-state index in [-0.39, 0.29) is 10.6 Å². The monoisotopic (exact) mass is 414 g/mol. The summed E-state index contributed by atoms with van der Waals surface area (Å²) >= 11 is 0. The SMILES string of the molecule is CC(C)C1(O[Si](c2ccccc2)(c2ccccc2)C(C)(C)C)Cc2ccccc2C1. The highest BCUT2D eigenvalue weighted by atomic mass is 28.4. The molecule has 3 aromatic carbocycles. The Labute approximate surface area is 183 Å². The van der Waals surface area contributed by atoms with Crippen molar-refractivity contribution in [2.24, 2.45) is 5.92 Å². The molecule has 2 heteroatoms. The summed E-state index contributed by atoms with van der Waals surface area (Å²) in [5, 5.41) is 2.71. The van der Waals surface area contributed by atoms with Gasteiger partial charge in [-0.1, -0.05) is 120 Å². The van der Waals surface area contributed by atoms with Crippen molar-refractivity contribution in [2.45, 2.75) is 58.1 Å². The quantitative estimate of drug-likeness (QED) is 0.483. The molecule has 0 saturated heterocycles. The molecule has 1 aliphatic carbocycles. The summed E-state index contributed by atoms with van der Waals surface area (Å²) < 4.78 is 7.71. The highest BCUT2D eigenvalue weighted by Crippen LogP contribution is 2.45. The van der Waals surface area contributed by atoms with E-state index in [1.54, 1.807) is 0 Å². The van der Waals surface area contributed by atoms with Gasteiger partial charge in [0.1, 0.15) is 0 Å². The van der Waals surface area contributed by atoms with Gasteiger partial charge in [0, 0.05) is 12.8 Å². The maximum absolute atomic E-state index is 7.71. The first-order chi connectivity index (χ1) is 14.3. The van der Waals surface area contributed by atoms with Crippen LogP contribution < -0.4 is 10.4 Å². The average molecular weight is 415 g/mol. The zero-order valence-electron chi connectivity index (χ0n) is 19.0. The summed E-state index contributed by atoms with van der Waals surface area (Å²) in [6.07, 6.45) is 1.98. The second-order valence-electron chi connectivity index (χ2n) is 10.1. The fourth-order valence-electron chi connectivity index (χ4n) is 5.16. The number of benzene rings is 3. The van der Waals surface area contributed by atoms with Gasteiger partial charge in [-0.2, -0.15) is 0 Å². The highest BCUT2D eigenvalue weighted by Gasteiger charge is 2.56. The Balaban J connectivity index is 1.93. The molecule has 0 amide bonds. The minimum absolute atomic E-state index is 0.00757. The number of hydrogen-bond donors (Lipinski definition) is 0. The van der Waals surface area contributed by atoms with Crippen molar-refractivity contribution >= 4 is 18.7 Å². The van der Waals surface area contributed by atoms with E-state index >= 15 is 0 Å². The standard InChI is InChI=1S/C28H34OSi/c1-22(2)28(20-23-14-12-13-15-24(23)21-28)29-30(27(3,4)5,25-16-8-6-9-17-25)26-18-10-7-11-19-26/h6-19,22H,20-21H2,1-5H3. The van der Waals surface area contributed by atoms with E-state index in [1.165, 1.54) is 21.5 Å². The Morgan fingerprint density at radius 2 is 1.10 bits per heavy atom. The van der Waals surface area contributed by atoms with E-state index in [9.17, 15) is 0 Å². The summed E-state index contributed by atoms with van der Waals surface area (Å²) in [4.78, 5) is 0. The molecule has 0 saturated carbocycles. The van der Waals surface area contributed by atoms with Crippen LogP contribution in [0.5, 0.6) is 0 Å². The molecule has 156 valence electrons. The van der Waals surface area contributed by atoms with Gasteiger partial charge in [0.15, 0.2) is 0 Å². The van der Waals surface area contributed by atoms with Gasteiger partial charge < -0.3 is 4.43 Å². The van der Waals surface area contributed by atoms with Crippen LogP contribution in [0, 0.1) is 5.92 Å². The molecule has 0 radical (unpaired) electrons. The van der Waals surface area contributed by atoms with Gasteiger partial charge >= 0.3 is 0 Å². The topological polar surface area (TPSA) is 9.23 Å². The van der Waals surface area contributed by atoms with Gasteiger partial charge in [-0.05, 0) is 32.5 Å². The maximum Gasteiger partial charge on any atom is 0.261 e. The largest absolute Gasteiger partial charge is 0.401 e. The van der Waals surface area contributed by atoms with Gasteiger partial charge in [-0.15, -0.1) is 0 Å². The summed E-state index contributed by atoms with van der Waals surface area (Å²) in [5.41, 5.74) is 2.71. The van der Waals surface area contributed by atoms with E-state index < -0.39 is 8.32 Å². The van der Waals surface area contributed by atoms with Crippen LogP contribution in [0.4, 0.5) is 0 Å². The third kappa shape index (κ3) is 3.46. The zero-order chi connectivity index (χ0) is 21.4. The molecule has 0 bridgehead atoms. The number of rotatable bonds is 5. The minimum Gasteiger partial charge on any atom is -0.401 e. The molecule has 0 aliphatic heterocycles. The van der Waals surface area contributed by atoms with E-state index in [2.05, 4.69) is 120 Å². The zero-order valence-corrected chi connectivity index (χ0v) is 20.0. The van der Waals surface area contributed by atoms with Crippen molar-refractivity contribution in [3.63, 3.8) is 0 Å². The average Bonchev–Trinajstić information content (AvgIpc) is 3.12. The van der Waals surface area contributed by atoms with E-state index in [0.717, 1.165) is 12.8 Å². The summed E-state index contributed by atoms with van der Waals surface area (Å²) in [5.74, 6) is 0.423. The van der Waals surface area contributed by atoms with Crippen molar-refractivity contribution in [3.05, 3.63) is 96.1 Å². The molecular weight excluding hydrogens is 380 g/mol. The van der Waals surface area contributed by atoms with Crippen LogP contribution in [-0.2, 0) is 17.3 Å². The van der Waals surface area contributed by atoms with Crippen LogP contribution in [0.25, 0.3) is 0 Å². The lowest BCUT2D eigenvalue weighted by Gasteiger charge is -2.50. The van der Waals surface area contributed by atoms with Gasteiger partial charge in [-0.25, -0.2) is 0 Å². The molecule has 4 rings (SSSR count). The first-order valence-corrected chi connectivity index (χ1v) is 13.1. The maximum atomic E-state index is 7.71. The molecular formula is C28H34OSi. The Morgan fingerprint density at radius 3 is 1.47 bits per heavy atom. The lowest BCUT2D eigenvalue weighted by molar-refractivity contribution is 0.0220. The predicted octanol–water partition coefficient (Wildman–Crippen LogP) is 5.76. The van der Waals surface area contributed by atoms with Gasteiger partial charge in [0.25, 0.3) is 8.32 Å². The van der Waals surface area contributed by atoms with E-state index in [1.807, 2.05) is 0 Å². The van der Waals surface area contributed by atoms with E-state index in [4.69, 9.17) is 4.43 Å². The fourth-order valence-corrected chi connectivity index (χ4v) is 10.1. The smallest absolute Gasteiger partial charge is 0.261 e. The Bertz CT molecular complexity index is 921. The number of hydrogen-bond acceptors (Lipinski definition) is 1. The van der Waals surface area contributed by atoms with Crippen LogP contribution in [-0.4, -0.2) is 13.9 Å². The van der Waals surface area contributed by atoms with Crippen molar-refractivity contribution in [2.75, 3.05) is 0 Å². The molecule has 30 heavy (non-hydrogen) atoms. The fraction of sp³-hybridized carbons (Fsp3) is 0.357. The second-order valence-corrected chi connectivity index (χ2v) is 14.3. The molecule has 0 spiro atoms. The first-order valence-electron chi connectivity index (χ1n) is 11.2. The third-order valence-electron chi connectivity index (χ3n) is 6.92. The van der Waals surface area contributed by atoms with Crippen molar-refractivity contribution in [1.82, 2.24) is 0 Å². The first kappa shape index (κ1) is 21.1. The summed E-state index contributed by atoms with van der Waals surface area (Å²) in [6.45, 7) is 11.8. The van der Waals surface area contributed by atoms with Crippen LogP contribution in [0.3, 0.4) is 0 Å². The number of fused-ring (bicyclic) bond motifs is 1. The molecule has 0 heterocycles.